The SMILES string of the molecule is NC1COCC1n1ccc(=O)c(OCc2ccccc2)c1C(=O)O. The van der Waals surface area contributed by atoms with Gasteiger partial charge in [0.1, 0.15) is 6.61 Å². The first-order valence-corrected chi connectivity index (χ1v) is 7.56. The van der Waals surface area contributed by atoms with Gasteiger partial charge < -0.3 is 24.9 Å². The molecule has 0 bridgehead atoms. The number of benzene rings is 1. The standard InChI is InChI=1S/C17H18N2O5/c18-12-9-23-10-13(12)19-7-6-14(20)16(15(19)17(21)22)24-8-11-4-2-1-3-5-11/h1-7,12-13H,8-10,18H2,(H,21,22). The molecule has 126 valence electrons. The number of carbonyl (C=O) groups is 1. The molecule has 0 aliphatic carbocycles. The highest BCUT2D eigenvalue weighted by molar-refractivity contribution is 5.89. The molecular weight excluding hydrogens is 312 g/mol. The van der Waals surface area contributed by atoms with E-state index in [1.54, 1.807) is 0 Å². The van der Waals surface area contributed by atoms with Gasteiger partial charge in [-0.3, -0.25) is 4.79 Å². The predicted molar refractivity (Wildman–Crippen MR) is 86.3 cm³/mol. The van der Waals surface area contributed by atoms with Crippen LogP contribution in [0.1, 0.15) is 22.1 Å². The summed E-state index contributed by atoms with van der Waals surface area (Å²) < 4.78 is 12.3. The maximum absolute atomic E-state index is 12.2. The molecule has 1 aliphatic rings. The largest absolute Gasteiger partial charge is 0.482 e. The number of hydrogen-bond donors (Lipinski definition) is 2. The molecule has 3 rings (SSSR count). The summed E-state index contributed by atoms with van der Waals surface area (Å²) in [4.78, 5) is 23.9. The van der Waals surface area contributed by atoms with E-state index in [1.165, 1.54) is 16.8 Å². The quantitative estimate of drug-likeness (QED) is 0.848. The number of aromatic nitrogens is 1. The number of hydrogen-bond acceptors (Lipinski definition) is 5. The smallest absolute Gasteiger partial charge is 0.356 e. The normalized spacial score (nSPS) is 20.0. The van der Waals surface area contributed by atoms with Crippen molar-refractivity contribution < 1.29 is 19.4 Å². The molecule has 1 saturated heterocycles. The first-order chi connectivity index (χ1) is 11.6. The zero-order chi connectivity index (χ0) is 17.1. The molecule has 1 aliphatic heterocycles. The molecule has 0 saturated carbocycles. The highest BCUT2D eigenvalue weighted by Gasteiger charge is 2.31. The van der Waals surface area contributed by atoms with E-state index in [4.69, 9.17) is 15.2 Å². The Balaban J connectivity index is 1.98. The van der Waals surface area contributed by atoms with Crippen molar-refractivity contribution in [2.24, 2.45) is 5.73 Å². The second-order valence-electron chi connectivity index (χ2n) is 5.61. The number of carboxylic acids is 1. The van der Waals surface area contributed by atoms with Crippen molar-refractivity contribution in [1.82, 2.24) is 4.57 Å². The number of ether oxygens (including phenoxy) is 2. The van der Waals surface area contributed by atoms with Gasteiger partial charge in [0.25, 0.3) is 0 Å². The van der Waals surface area contributed by atoms with Crippen LogP contribution < -0.4 is 15.9 Å². The second kappa shape index (κ2) is 6.86. The van der Waals surface area contributed by atoms with Gasteiger partial charge in [-0.25, -0.2) is 4.79 Å². The molecule has 2 heterocycles. The summed E-state index contributed by atoms with van der Waals surface area (Å²) in [5.74, 6) is -1.43. The molecule has 1 fully saturated rings. The Kier molecular flexibility index (Phi) is 4.64. The van der Waals surface area contributed by atoms with Gasteiger partial charge in [0.15, 0.2) is 11.4 Å². The number of nitrogens with two attached hydrogens (primary N) is 1. The van der Waals surface area contributed by atoms with Gasteiger partial charge in [0.2, 0.25) is 5.43 Å². The van der Waals surface area contributed by atoms with Crippen molar-refractivity contribution in [3.63, 3.8) is 0 Å². The third-order valence-electron chi connectivity index (χ3n) is 3.96. The van der Waals surface area contributed by atoms with E-state index in [0.717, 1.165) is 5.56 Å². The average Bonchev–Trinajstić information content (AvgIpc) is 3.00. The molecule has 0 spiro atoms. The number of rotatable bonds is 5. The summed E-state index contributed by atoms with van der Waals surface area (Å²) in [7, 11) is 0. The number of pyridine rings is 1. The van der Waals surface area contributed by atoms with E-state index in [2.05, 4.69) is 0 Å². The summed E-state index contributed by atoms with van der Waals surface area (Å²) in [6.07, 6.45) is 1.43. The van der Waals surface area contributed by atoms with Gasteiger partial charge in [-0.15, -0.1) is 0 Å². The summed E-state index contributed by atoms with van der Waals surface area (Å²) in [5.41, 5.74) is 6.13. The van der Waals surface area contributed by atoms with Crippen LogP contribution in [0.15, 0.2) is 47.4 Å². The van der Waals surface area contributed by atoms with Gasteiger partial charge in [0.05, 0.1) is 25.3 Å². The molecule has 2 atom stereocenters. The lowest BCUT2D eigenvalue weighted by Crippen LogP contribution is -2.34. The number of carboxylic acid groups (broad SMARTS) is 1. The van der Waals surface area contributed by atoms with Crippen LogP contribution in [0.2, 0.25) is 0 Å². The molecule has 0 radical (unpaired) electrons. The third kappa shape index (κ3) is 3.17. The Morgan fingerprint density at radius 3 is 2.67 bits per heavy atom. The molecule has 24 heavy (non-hydrogen) atoms. The van der Waals surface area contributed by atoms with Crippen LogP contribution in [0.5, 0.6) is 5.75 Å². The van der Waals surface area contributed by atoms with Crippen molar-refractivity contribution >= 4 is 5.97 Å². The van der Waals surface area contributed by atoms with Crippen LogP contribution in [0.3, 0.4) is 0 Å². The molecule has 1 aromatic carbocycles. The lowest BCUT2D eigenvalue weighted by atomic mass is 10.1. The zero-order valence-electron chi connectivity index (χ0n) is 12.9. The molecule has 2 unspecified atom stereocenters. The van der Waals surface area contributed by atoms with Crippen LogP contribution in [0.25, 0.3) is 0 Å². The van der Waals surface area contributed by atoms with Gasteiger partial charge in [0, 0.05) is 12.3 Å². The van der Waals surface area contributed by atoms with Crippen molar-refractivity contribution in [3.8, 4) is 5.75 Å². The van der Waals surface area contributed by atoms with E-state index in [-0.39, 0.29) is 30.1 Å². The first-order valence-electron chi connectivity index (χ1n) is 7.56. The topological polar surface area (TPSA) is 104 Å². The van der Waals surface area contributed by atoms with Crippen molar-refractivity contribution in [2.75, 3.05) is 13.2 Å². The molecule has 3 N–H and O–H groups in total. The summed E-state index contributed by atoms with van der Waals surface area (Å²) in [6.45, 7) is 0.742. The Morgan fingerprint density at radius 1 is 1.29 bits per heavy atom. The molecule has 2 aromatic rings. The fourth-order valence-electron chi connectivity index (χ4n) is 2.73. The van der Waals surface area contributed by atoms with Crippen LogP contribution >= 0.6 is 0 Å². The van der Waals surface area contributed by atoms with Crippen molar-refractivity contribution in [1.29, 1.82) is 0 Å². The summed E-state index contributed by atoms with van der Waals surface area (Å²) in [6, 6.07) is 9.82. The molecular formula is C17H18N2O5. The lowest BCUT2D eigenvalue weighted by molar-refractivity contribution is 0.0673. The first kappa shape index (κ1) is 16.2. The Hall–Kier alpha value is -2.64. The fourth-order valence-corrected chi connectivity index (χ4v) is 2.73. The minimum Gasteiger partial charge on any atom is -0.482 e. The van der Waals surface area contributed by atoms with Crippen LogP contribution in [-0.2, 0) is 11.3 Å². The zero-order valence-corrected chi connectivity index (χ0v) is 12.9. The van der Waals surface area contributed by atoms with Gasteiger partial charge in [-0.05, 0) is 5.56 Å². The van der Waals surface area contributed by atoms with Crippen molar-refractivity contribution in [3.05, 3.63) is 64.1 Å². The molecule has 7 nitrogen and oxygen atoms in total. The second-order valence-corrected chi connectivity index (χ2v) is 5.61. The average molecular weight is 330 g/mol. The predicted octanol–water partition coefficient (Wildman–Crippen LogP) is 1.02. The Bertz CT molecular complexity index is 787. The van der Waals surface area contributed by atoms with E-state index in [1.807, 2.05) is 30.3 Å². The molecule has 1 aromatic heterocycles. The van der Waals surface area contributed by atoms with Crippen LogP contribution in [0, 0.1) is 0 Å². The summed E-state index contributed by atoms with van der Waals surface area (Å²) >= 11 is 0. The van der Waals surface area contributed by atoms with Crippen LogP contribution in [0.4, 0.5) is 0 Å². The minimum atomic E-state index is -1.24. The van der Waals surface area contributed by atoms with E-state index in [0.29, 0.717) is 13.2 Å². The highest BCUT2D eigenvalue weighted by atomic mass is 16.5. The lowest BCUT2D eigenvalue weighted by Gasteiger charge is -2.21. The Labute approximate surface area is 138 Å². The Morgan fingerprint density at radius 2 is 2.04 bits per heavy atom. The number of aromatic carboxylic acids is 1. The van der Waals surface area contributed by atoms with Crippen LogP contribution in [-0.4, -0.2) is 34.9 Å². The monoisotopic (exact) mass is 330 g/mol. The van der Waals surface area contributed by atoms with Gasteiger partial charge in [-0.1, -0.05) is 30.3 Å². The van der Waals surface area contributed by atoms with E-state index in [9.17, 15) is 14.7 Å². The van der Waals surface area contributed by atoms with Gasteiger partial charge >= 0.3 is 5.97 Å². The van der Waals surface area contributed by atoms with Gasteiger partial charge in [-0.2, -0.15) is 0 Å². The summed E-state index contributed by atoms with van der Waals surface area (Å²) in [5, 5.41) is 9.59. The maximum atomic E-state index is 12.2. The maximum Gasteiger partial charge on any atom is 0.356 e. The number of nitrogens with zero attached hydrogens (tertiary/aromatic N) is 1. The highest BCUT2D eigenvalue weighted by Crippen LogP contribution is 2.24. The van der Waals surface area contributed by atoms with E-state index < -0.39 is 11.4 Å². The third-order valence-corrected chi connectivity index (χ3v) is 3.96. The molecule has 0 amide bonds. The fraction of sp³-hybridized carbons (Fsp3) is 0.294. The molecule has 7 heteroatoms. The minimum absolute atomic E-state index is 0.105. The van der Waals surface area contributed by atoms with E-state index >= 15 is 0 Å². The van der Waals surface area contributed by atoms with Crippen molar-refractivity contribution in [2.45, 2.75) is 18.7 Å².